The van der Waals surface area contributed by atoms with Crippen LogP contribution in [0.5, 0.6) is 0 Å². The van der Waals surface area contributed by atoms with E-state index < -0.39 is 12.0 Å². The fraction of sp³-hybridized carbons (Fsp3) is 0.500. The number of pyridine rings is 1. The van der Waals surface area contributed by atoms with E-state index in [1.807, 2.05) is 42.9 Å². The molecule has 0 aliphatic rings. The molecule has 0 aliphatic carbocycles. The topological polar surface area (TPSA) is 70.3 Å². The van der Waals surface area contributed by atoms with Crippen molar-refractivity contribution in [3.05, 3.63) is 30.1 Å². The van der Waals surface area contributed by atoms with Gasteiger partial charge >= 0.3 is 5.97 Å². The second-order valence-electron chi connectivity index (χ2n) is 4.61. The standard InChI is InChI=1S/C14H20N2O3.BrH/c1-3-4-12(14(18)19)15-13(17)7-10-16-8-5-11(2)6-9-16;/h5-6,8-9,12H,3-4,7,10H2,1-2H3,(H-,15,17,18,19);1H. The number of halogens is 1. The SMILES string of the molecule is CCCC(NC(=O)CC[n+]1ccc(C)cc1)C(=O)O.[Br-]. The van der Waals surface area contributed by atoms with Gasteiger partial charge in [0.25, 0.3) is 0 Å². The van der Waals surface area contributed by atoms with Gasteiger partial charge in [0.1, 0.15) is 6.04 Å². The van der Waals surface area contributed by atoms with E-state index >= 15 is 0 Å². The lowest BCUT2D eigenvalue weighted by Gasteiger charge is -2.12. The van der Waals surface area contributed by atoms with Crippen LogP contribution in [0.1, 0.15) is 31.7 Å². The summed E-state index contributed by atoms with van der Waals surface area (Å²) in [5.41, 5.74) is 1.16. The van der Waals surface area contributed by atoms with Gasteiger partial charge in [-0.15, -0.1) is 0 Å². The van der Waals surface area contributed by atoms with Gasteiger partial charge < -0.3 is 27.4 Å². The lowest BCUT2D eigenvalue weighted by Crippen LogP contribution is -3.00. The molecule has 0 fully saturated rings. The van der Waals surface area contributed by atoms with E-state index in [0.717, 1.165) is 12.0 Å². The van der Waals surface area contributed by atoms with Crippen molar-refractivity contribution in [2.24, 2.45) is 0 Å². The Morgan fingerprint density at radius 2 is 1.95 bits per heavy atom. The van der Waals surface area contributed by atoms with Crippen LogP contribution < -0.4 is 26.9 Å². The van der Waals surface area contributed by atoms with Crippen molar-refractivity contribution in [3.8, 4) is 0 Å². The molecule has 0 saturated carbocycles. The zero-order chi connectivity index (χ0) is 14.3. The van der Waals surface area contributed by atoms with Gasteiger partial charge in [-0.1, -0.05) is 13.3 Å². The number of hydrogen-bond acceptors (Lipinski definition) is 2. The number of amides is 1. The third-order valence-electron chi connectivity index (χ3n) is 2.87. The minimum absolute atomic E-state index is 0. The average Bonchev–Trinajstić information content (AvgIpc) is 2.37. The predicted octanol–water partition coefficient (Wildman–Crippen LogP) is -1.95. The quantitative estimate of drug-likeness (QED) is 0.564. The van der Waals surface area contributed by atoms with Crippen LogP contribution in [0.3, 0.4) is 0 Å². The van der Waals surface area contributed by atoms with Crippen LogP contribution in [0.15, 0.2) is 24.5 Å². The predicted molar refractivity (Wildman–Crippen MR) is 70.5 cm³/mol. The van der Waals surface area contributed by atoms with Crippen LogP contribution in [-0.4, -0.2) is 23.0 Å². The molecular weight excluding hydrogens is 324 g/mol. The van der Waals surface area contributed by atoms with E-state index in [9.17, 15) is 9.59 Å². The number of carbonyl (C=O) groups is 2. The zero-order valence-electron chi connectivity index (χ0n) is 11.8. The molecule has 0 bridgehead atoms. The number of nitrogens with one attached hydrogen (secondary N) is 1. The van der Waals surface area contributed by atoms with Crippen LogP contribution in [0.2, 0.25) is 0 Å². The van der Waals surface area contributed by atoms with E-state index in [0.29, 0.717) is 13.0 Å². The summed E-state index contributed by atoms with van der Waals surface area (Å²) in [6.45, 7) is 4.44. The molecule has 6 heteroatoms. The van der Waals surface area contributed by atoms with Gasteiger partial charge in [0, 0.05) is 12.1 Å². The summed E-state index contributed by atoms with van der Waals surface area (Å²) in [4.78, 5) is 22.6. The molecule has 5 nitrogen and oxygen atoms in total. The second-order valence-corrected chi connectivity index (χ2v) is 4.61. The molecular formula is C14H21BrN2O3. The molecule has 1 aromatic rings. The van der Waals surface area contributed by atoms with E-state index in [1.54, 1.807) is 0 Å². The van der Waals surface area contributed by atoms with Crippen molar-refractivity contribution in [2.75, 3.05) is 0 Å². The highest BCUT2D eigenvalue weighted by Crippen LogP contribution is 1.98. The first-order valence-corrected chi connectivity index (χ1v) is 6.50. The summed E-state index contributed by atoms with van der Waals surface area (Å²) in [6, 6.07) is 3.16. The first-order valence-electron chi connectivity index (χ1n) is 6.50. The number of carbonyl (C=O) groups excluding carboxylic acids is 1. The number of hydrogen-bond donors (Lipinski definition) is 2. The Labute approximate surface area is 129 Å². The van der Waals surface area contributed by atoms with Crippen molar-refractivity contribution in [2.45, 2.75) is 45.7 Å². The molecule has 0 aliphatic heterocycles. The number of carboxylic acids is 1. The number of aryl methyl sites for hydroxylation is 2. The lowest BCUT2D eigenvalue weighted by atomic mass is 10.1. The summed E-state index contributed by atoms with van der Waals surface area (Å²) in [7, 11) is 0. The van der Waals surface area contributed by atoms with Crippen LogP contribution in [0, 0.1) is 6.92 Å². The highest BCUT2D eigenvalue weighted by atomic mass is 79.9. The Hall–Kier alpha value is -1.43. The van der Waals surface area contributed by atoms with Gasteiger partial charge in [0.2, 0.25) is 5.91 Å². The Balaban J connectivity index is 0.00000361. The number of aliphatic carboxylic acids is 1. The first-order chi connectivity index (χ1) is 9.02. The van der Waals surface area contributed by atoms with Gasteiger partial charge in [-0.25, -0.2) is 9.36 Å². The molecule has 1 heterocycles. The highest BCUT2D eigenvalue weighted by molar-refractivity contribution is 5.83. The molecule has 2 N–H and O–H groups in total. The Kier molecular flexibility index (Phi) is 8.79. The lowest BCUT2D eigenvalue weighted by molar-refractivity contribution is -0.695. The monoisotopic (exact) mass is 344 g/mol. The van der Waals surface area contributed by atoms with E-state index in [1.165, 1.54) is 0 Å². The first kappa shape index (κ1) is 18.6. The van der Waals surface area contributed by atoms with Crippen LogP contribution >= 0.6 is 0 Å². The van der Waals surface area contributed by atoms with E-state index in [2.05, 4.69) is 5.32 Å². The molecule has 1 unspecified atom stereocenters. The maximum Gasteiger partial charge on any atom is 0.326 e. The molecule has 0 saturated heterocycles. The fourth-order valence-electron chi connectivity index (χ4n) is 1.72. The second kappa shape index (κ2) is 9.47. The van der Waals surface area contributed by atoms with Gasteiger partial charge in [-0.2, -0.15) is 0 Å². The maximum atomic E-state index is 11.7. The third-order valence-corrected chi connectivity index (χ3v) is 2.87. The summed E-state index contributed by atoms with van der Waals surface area (Å²) < 4.78 is 1.90. The number of aromatic nitrogens is 1. The summed E-state index contributed by atoms with van der Waals surface area (Å²) in [6.07, 6.45) is 5.27. The minimum Gasteiger partial charge on any atom is -1.00 e. The molecule has 0 aromatic carbocycles. The third kappa shape index (κ3) is 6.65. The Morgan fingerprint density at radius 1 is 1.35 bits per heavy atom. The molecule has 1 aromatic heterocycles. The van der Waals surface area contributed by atoms with Crippen molar-refractivity contribution < 1.29 is 36.2 Å². The molecule has 20 heavy (non-hydrogen) atoms. The molecule has 1 amide bonds. The van der Waals surface area contributed by atoms with Gasteiger partial charge in [0.05, 0.1) is 6.42 Å². The highest BCUT2D eigenvalue weighted by Gasteiger charge is 2.19. The molecule has 0 radical (unpaired) electrons. The van der Waals surface area contributed by atoms with Crippen molar-refractivity contribution >= 4 is 11.9 Å². The van der Waals surface area contributed by atoms with E-state index in [-0.39, 0.29) is 29.3 Å². The smallest absolute Gasteiger partial charge is 0.326 e. The largest absolute Gasteiger partial charge is 1.00 e. The molecule has 0 spiro atoms. The number of carboxylic acid groups (broad SMARTS) is 1. The molecule has 1 rings (SSSR count). The van der Waals surface area contributed by atoms with Crippen molar-refractivity contribution in [3.63, 3.8) is 0 Å². The minimum atomic E-state index is -0.974. The van der Waals surface area contributed by atoms with E-state index in [4.69, 9.17) is 5.11 Å². The van der Waals surface area contributed by atoms with Crippen molar-refractivity contribution in [1.82, 2.24) is 5.32 Å². The fourth-order valence-corrected chi connectivity index (χ4v) is 1.72. The number of nitrogens with zero attached hydrogens (tertiary/aromatic N) is 1. The maximum absolute atomic E-state index is 11.7. The summed E-state index contributed by atoms with van der Waals surface area (Å²) in [5, 5.41) is 11.5. The zero-order valence-corrected chi connectivity index (χ0v) is 13.4. The van der Waals surface area contributed by atoms with Crippen LogP contribution in [-0.2, 0) is 16.1 Å². The van der Waals surface area contributed by atoms with Crippen LogP contribution in [0.4, 0.5) is 0 Å². The Bertz CT molecular complexity index is 435. The van der Waals surface area contributed by atoms with Gasteiger partial charge in [-0.3, -0.25) is 4.79 Å². The normalized spacial score (nSPS) is 11.3. The number of rotatable bonds is 7. The Morgan fingerprint density at radius 3 is 2.45 bits per heavy atom. The summed E-state index contributed by atoms with van der Waals surface area (Å²) >= 11 is 0. The molecule has 112 valence electrons. The summed E-state index contributed by atoms with van der Waals surface area (Å²) in [5.74, 6) is -1.20. The molecule has 1 atom stereocenters. The van der Waals surface area contributed by atoms with Crippen LogP contribution in [0.25, 0.3) is 0 Å². The van der Waals surface area contributed by atoms with Gasteiger partial charge in [-0.05, 0) is 18.9 Å². The van der Waals surface area contributed by atoms with Crippen molar-refractivity contribution in [1.29, 1.82) is 0 Å². The average molecular weight is 345 g/mol. The van der Waals surface area contributed by atoms with Gasteiger partial charge in [0.15, 0.2) is 18.9 Å².